The van der Waals surface area contributed by atoms with Crippen LogP contribution >= 0.6 is 0 Å². The van der Waals surface area contributed by atoms with Crippen LogP contribution in [0, 0.1) is 0 Å². The molecule has 0 fully saturated rings. The Labute approximate surface area is 179 Å². The fourth-order valence-corrected chi connectivity index (χ4v) is 3.25. The van der Waals surface area contributed by atoms with E-state index in [4.69, 9.17) is 9.47 Å². The van der Waals surface area contributed by atoms with Crippen LogP contribution in [0.25, 0.3) is 11.1 Å². The number of nitrogens with one attached hydrogen (secondary N) is 2. The molecule has 0 saturated carbocycles. The van der Waals surface area contributed by atoms with Gasteiger partial charge in [0.15, 0.2) is 11.5 Å². The van der Waals surface area contributed by atoms with Crippen molar-refractivity contribution < 1.29 is 24.2 Å². The van der Waals surface area contributed by atoms with Crippen LogP contribution in [0.1, 0.15) is 12.5 Å². The molecule has 3 aromatic rings. The van der Waals surface area contributed by atoms with E-state index in [0.717, 1.165) is 11.1 Å². The second kappa shape index (κ2) is 8.49. The molecule has 2 amide bonds. The second-order valence-electron chi connectivity index (χ2n) is 7.42. The number of hydrogen-bond donors (Lipinski definition) is 3. The topological polar surface area (TPSA) is 96.9 Å². The maximum atomic E-state index is 12.2. The number of carbonyl (C=O) groups is 2. The molecule has 1 aliphatic heterocycles. The summed E-state index contributed by atoms with van der Waals surface area (Å²) in [6.07, 6.45) is 0. The zero-order chi connectivity index (χ0) is 21.8. The minimum Gasteiger partial charge on any atom is -0.454 e. The van der Waals surface area contributed by atoms with Crippen LogP contribution in [0.3, 0.4) is 0 Å². The molecule has 1 aliphatic rings. The molecule has 31 heavy (non-hydrogen) atoms. The first-order valence-corrected chi connectivity index (χ1v) is 9.79. The molecule has 0 saturated heterocycles. The van der Waals surface area contributed by atoms with E-state index in [2.05, 4.69) is 10.6 Å². The Morgan fingerprint density at radius 2 is 1.58 bits per heavy atom. The van der Waals surface area contributed by atoms with E-state index in [9.17, 15) is 14.7 Å². The zero-order valence-electron chi connectivity index (χ0n) is 16.9. The third-order valence-corrected chi connectivity index (χ3v) is 5.04. The Hall–Kier alpha value is -3.84. The lowest BCUT2D eigenvalue weighted by Crippen LogP contribution is -2.43. The average Bonchev–Trinajstić information content (AvgIpc) is 3.26. The van der Waals surface area contributed by atoms with Gasteiger partial charge >= 0.3 is 11.8 Å². The smallest absolute Gasteiger partial charge is 0.313 e. The van der Waals surface area contributed by atoms with Gasteiger partial charge in [0.2, 0.25) is 6.79 Å². The first kappa shape index (κ1) is 20.4. The molecule has 7 nitrogen and oxygen atoms in total. The first-order chi connectivity index (χ1) is 14.9. The SMILES string of the molecule is CC(O)(CNC(=O)C(=O)Nc1ccc2c(c1)OCO2)c1ccc(-c2ccccc2)cc1. The molecule has 1 atom stereocenters. The van der Waals surface area contributed by atoms with Gasteiger partial charge in [0.05, 0.1) is 6.54 Å². The minimum absolute atomic E-state index is 0.120. The Morgan fingerprint density at radius 1 is 0.903 bits per heavy atom. The van der Waals surface area contributed by atoms with E-state index < -0.39 is 17.4 Å². The number of hydrogen-bond acceptors (Lipinski definition) is 5. The van der Waals surface area contributed by atoms with Crippen molar-refractivity contribution >= 4 is 17.5 Å². The van der Waals surface area contributed by atoms with Crippen LogP contribution in [0.5, 0.6) is 11.5 Å². The summed E-state index contributed by atoms with van der Waals surface area (Å²) in [6, 6.07) is 22.2. The van der Waals surface area contributed by atoms with Crippen LogP contribution in [-0.2, 0) is 15.2 Å². The number of ether oxygens (including phenoxy) is 2. The van der Waals surface area contributed by atoms with Crippen molar-refractivity contribution in [1.29, 1.82) is 0 Å². The molecule has 0 spiro atoms. The molecule has 0 aliphatic carbocycles. The molecular formula is C24H22N2O5. The van der Waals surface area contributed by atoms with E-state index >= 15 is 0 Å². The lowest BCUT2D eigenvalue weighted by atomic mass is 9.93. The van der Waals surface area contributed by atoms with Gasteiger partial charge in [-0.1, -0.05) is 54.6 Å². The summed E-state index contributed by atoms with van der Waals surface area (Å²) in [5, 5.41) is 15.8. The predicted molar refractivity (Wildman–Crippen MR) is 116 cm³/mol. The molecular weight excluding hydrogens is 396 g/mol. The van der Waals surface area contributed by atoms with Gasteiger partial charge in [-0.15, -0.1) is 0 Å². The fraction of sp³-hybridized carbons (Fsp3) is 0.167. The van der Waals surface area contributed by atoms with Gasteiger partial charge in [-0.05, 0) is 35.7 Å². The van der Waals surface area contributed by atoms with Gasteiger partial charge in [0.1, 0.15) is 5.60 Å². The third-order valence-electron chi connectivity index (χ3n) is 5.04. The normalized spacial score (nSPS) is 13.9. The quantitative estimate of drug-likeness (QED) is 0.554. The van der Waals surface area contributed by atoms with Crippen LogP contribution in [0.2, 0.25) is 0 Å². The maximum absolute atomic E-state index is 12.2. The Balaban J connectivity index is 1.35. The highest BCUT2D eigenvalue weighted by Crippen LogP contribution is 2.34. The molecule has 4 rings (SSSR count). The van der Waals surface area contributed by atoms with E-state index in [1.807, 2.05) is 42.5 Å². The number of aliphatic hydroxyl groups is 1. The third kappa shape index (κ3) is 4.67. The number of carbonyl (C=O) groups excluding carboxylic acids is 2. The largest absolute Gasteiger partial charge is 0.454 e. The molecule has 7 heteroatoms. The number of benzene rings is 3. The van der Waals surface area contributed by atoms with Crippen molar-refractivity contribution in [2.45, 2.75) is 12.5 Å². The lowest BCUT2D eigenvalue weighted by molar-refractivity contribution is -0.136. The first-order valence-electron chi connectivity index (χ1n) is 9.79. The monoisotopic (exact) mass is 418 g/mol. The highest BCUT2D eigenvalue weighted by atomic mass is 16.7. The fourth-order valence-electron chi connectivity index (χ4n) is 3.25. The molecule has 0 radical (unpaired) electrons. The van der Waals surface area contributed by atoms with Crippen molar-refractivity contribution in [2.75, 3.05) is 18.7 Å². The number of rotatable bonds is 5. The Morgan fingerprint density at radius 3 is 2.32 bits per heavy atom. The summed E-state index contributed by atoms with van der Waals surface area (Å²) in [6.45, 7) is 1.58. The van der Waals surface area contributed by atoms with E-state index in [1.165, 1.54) is 0 Å². The number of anilines is 1. The minimum atomic E-state index is -1.34. The average molecular weight is 418 g/mol. The standard InChI is InChI=1S/C24H22N2O5/c1-24(29,18-9-7-17(8-10-18)16-5-3-2-4-6-16)14-25-22(27)23(28)26-19-11-12-20-21(13-19)31-15-30-20/h2-13,29H,14-15H2,1H3,(H,25,27)(H,26,28). The molecule has 1 heterocycles. The van der Waals surface area contributed by atoms with Crippen molar-refractivity contribution in [3.8, 4) is 22.6 Å². The maximum Gasteiger partial charge on any atom is 0.313 e. The molecule has 0 bridgehead atoms. The van der Waals surface area contributed by atoms with Gasteiger partial charge in [0.25, 0.3) is 0 Å². The van der Waals surface area contributed by atoms with Gasteiger partial charge in [-0.3, -0.25) is 9.59 Å². The highest BCUT2D eigenvalue weighted by Gasteiger charge is 2.26. The van der Waals surface area contributed by atoms with Gasteiger partial charge in [0, 0.05) is 11.8 Å². The van der Waals surface area contributed by atoms with E-state index in [0.29, 0.717) is 22.7 Å². The van der Waals surface area contributed by atoms with Gasteiger partial charge < -0.3 is 25.2 Å². The van der Waals surface area contributed by atoms with Gasteiger partial charge in [-0.25, -0.2) is 0 Å². The van der Waals surface area contributed by atoms with Crippen LogP contribution in [0.15, 0.2) is 72.8 Å². The highest BCUT2D eigenvalue weighted by molar-refractivity contribution is 6.39. The molecule has 3 aromatic carbocycles. The summed E-state index contributed by atoms with van der Waals surface area (Å²) < 4.78 is 10.5. The summed E-state index contributed by atoms with van der Waals surface area (Å²) in [7, 11) is 0. The van der Waals surface area contributed by atoms with Crippen LogP contribution in [0.4, 0.5) is 5.69 Å². The summed E-state index contributed by atoms with van der Waals surface area (Å²) in [5.41, 5.74) is 1.79. The predicted octanol–water partition coefficient (Wildman–Crippen LogP) is 3.04. The van der Waals surface area contributed by atoms with Crippen LogP contribution in [-0.4, -0.2) is 30.3 Å². The van der Waals surface area contributed by atoms with Gasteiger partial charge in [-0.2, -0.15) is 0 Å². The van der Waals surface area contributed by atoms with Crippen molar-refractivity contribution in [1.82, 2.24) is 5.32 Å². The molecule has 0 aromatic heterocycles. The van der Waals surface area contributed by atoms with Crippen LogP contribution < -0.4 is 20.1 Å². The summed E-state index contributed by atoms with van der Waals surface area (Å²) >= 11 is 0. The molecule has 1 unspecified atom stereocenters. The second-order valence-corrected chi connectivity index (χ2v) is 7.42. The summed E-state index contributed by atoms with van der Waals surface area (Å²) in [5.74, 6) is -0.607. The Kier molecular flexibility index (Phi) is 5.60. The lowest BCUT2D eigenvalue weighted by Gasteiger charge is -2.24. The molecule has 158 valence electrons. The zero-order valence-corrected chi connectivity index (χ0v) is 16.9. The number of amides is 2. The summed E-state index contributed by atoms with van der Waals surface area (Å²) in [4.78, 5) is 24.4. The number of fused-ring (bicyclic) bond motifs is 1. The molecule has 3 N–H and O–H groups in total. The Bertz CT molecular complexity index is 1090. The van der Waals surface area contributed by atoms with Crippen molar-refractivity contribution in [2.24, 2.45) is 0 Å². The van der Waals surface area contributed by atoms with E-state index in [1.54, 1.807) is 37.3 Å². The van der Waals surface area contributed by atoms with Crippen molar-refractivity contribution in [3.05, 3.63) is 78.4 Å². The van der Waals surface area contributed by atoms with E-state index in [-0.39, 0.29) is 13.3 Å². The van der Waals surface area contributed by atoms with Crippen molar-refractivity contribution in [3.63, 3.8) is 0 Å².